The Morgan fingerprint density at radius 1 is 0.895 bits per heavy atom. The van der Waals surface area contributed by atoms with Gasteiger partial charge in [-0.15, -0.1) is 0 Å². The SMILES string of the molecule is CCCCNc1ccc2c(c1C)Oc1cc(C)c(N(C)c3ccccc3)cc1C21OC(=O)c2ccccc21. The van der Waals surface area contributed by atoms with E-state index in [1.165, 1.54) is 0 Å². The Bertz CT molecular complexity index is 1550. The van der Waals surface area contributed by atoms with E-state index in [0.717, 1.165) is 70.0 Å². The van der Waals surface area contributed by atoms with Crippen LogP contribution < -0.4 is 15.0 Å². The van der Waals surface area contributed by atoms with Crippen LogP contribution in [0.15, 0.2) is 78.9 Å². The summed E-state index contributed by atoms with van der Waals surface area (Å²) in [5.74, 6) is 1.13. The first-order valence-electron chi connectivity index (χ1n) is 13.3. The highest BCUT2D eigenvalue weighted by atomic mass is 16.6. The number of carbonyl (C=O) groups is 1. The molecule has 5 heteroatoms. The van der Waals surface area contributed by atoms with Crippen LogP contribution in [-0.2, 0) is 10.3 Å². The van der Waals surface area contributed by atoms with E-state index in [1.54, 1.807) is 0 Å². The number of nitrogens with zero attached hydrogens (tertiary/aromatic N) is 1. The minimum atomic E-state index is -1.09. The van der Waals surface area contributed by atoms with E-state index in [9.17, 15) is 4.79 Å². The fourth-order valence-corrected chi connectivity index (χ4v) is 5.75. The standard InChI is InChI=1S/C33H32N2O3/c1-5-6-18-34-28-17-16-26-31(22(28)3)37-30-19-21(2)29(35(4)23-12-8-7-9-13-23)20-27(30)33(26)25-15-11-10-14-24(25)32(36)38-33/h7-17,19-20,34H,5-6,18H2,1-4H3. The number of benzene rings is 4. The lowest BCUT2D eigenvalue weighted by molar-refractivity contribution is 0.0224. The number of ether oxygens (including phenoxy) is 2. The molecule has 0 saturated heterocycles. The van der Waals surface area contributed by atoms with Gasteiger partial charge in [0.2, 0.25) is 0 Å². The average Bonchev–Trinajstić information content (AvgIpc) is 3.23. The predicted octanol–water partition coefficient (Wildman–Crippen LogP) is 7.85. The highest BCUT2D eigenvalue weighted by Gasteiger charge is 2.54. The molecular weight excluding hydrogens is 472 g/mol. The third kappa shape index (κ3) is 3.57. The van der Waals surface area contributed by atoms with Crippen molar-refractivity contribution in [2.24, 2.45) is 0 Å². The van der Waals surface area contributed by atoms with Gasteiger partial charge in [-0.05, 0) is 68.3 Å². The zero-order valence-electron chi connectivity index (χ0n) is 22.3. The molecule has 5 nitrogen and oxygen atoms in total. The summed E-state index contributed by atoms with van der Waals surface area (Å²) in [6.45, 7) is 7.23. The third-order valence-electron chi connectivity index (χ3n) is 7.80. The Kier molecular flexibility index (Phi) is 5.87. The zero-order chi connectivity index (χ0) is 26.4. The zero-order valence-corrected chi connectivity index (χ0v) is 22.3. The van der Waals surface area contributed by atoms with Gasteiger partial charge in [-0.2, -0.15) is 0 Å². The number of esters is 1. The van der Waals surface area contributed by atoms with E-state index in [1.807, 2.05) is 42.5 Å². The van der Waals surface area contributed by atoms with Crippen LogP contribution in [0.5, 0.6) is 11.5 Å². The first-order chi connectivity index (χ1) is 18.5. The number of rotatable bonds is 6. The highest BCUT2D eigenvalue weighted by molar-refractivity contribution is 5.97. The van der Waals surface area contributed by atoms with Gasteiger partial charge in [0, 0.05) is 52.9 Å². The second-order valence-electron chi connectivity index (χ2n) is 10.1. The molecule has 0 bridgehead atoms. The maximum Gasteiger partial charge on any atom is 0.340 e. The normalized spacial score (nSPS) is 16.8. The van der Waals surface area contributed by atoms with Gasteiger partial charge in [0.25, 0.3) is 0 Å². The van der Waals surface area contributed by atoms with Gasteiger partial charge in [0.05, 0.1) is 5.56 Å². The van der Waals surface area contributed by atoms with Crippen LogP contribution in [0.3, 0.4) is 0 Å². The summed E-state index contributed by atoms with van der Waals surface area (Å²) in [5, 5.41) is 3.55. The van der Waals surface area contributed by atoms with Gasteiger partial charge in [-0.3, -0.25) is 0 Å². The number of unbranched alkanes of at least 4 members (excludes halogenated alkanes) is 1. The molecule has 0 aromatic heterocycles. The van der Waals surface area contributed by atoms with Crippen LogP contribution in [-0.4, -0.2) is 19.6 Å². The molecule has 38 heavy (non-hydrogen) atoms. The Labute approximate surface area is 224 Å². The monoisotopic (exact) mass is 504 g/mol. The van der Waals surface area contributed by atoms with Crippen LogP contribution in [0.25, 0.3) is 0 Å². The van der Waals surface area contributed by atoms with Crippen molar-refractivity contribution in [2.45, 2.75) is 39.2 Å². The molecule has 4 aromatic rings. The van der Waals surface area contributed by atoms with Crippen LogP contribution in [0.1, 0.15) is 57.9 Å². The lowest BCUT2D eigenvalue weighted by atomic mass is 9.76. The topological polar surface area (TPSA) is 50.8 Å². The fourth-order valence-electron chi connectivity index (χ4n) is 5.75. The Morgan fingerprint density at radius 2 is 1.66 bits per heavy atom. The lowest BCUT2D eigenvalue weighted by Crippen LogP contribution is -2.33. The number of carbonyl (C=O) groups excluding carboxylic acids is 1. The molecule has 6 rings (SSSR count). The van der Waals surface area contributed by atoms with Crippen molar-refractivity contribution in [3.8, 4) is 11.5 Å². The summed E-state index contributed by atoms with van der Waals surface area (Å²) >= 11 is 0. The number of hydrogen-bond donors (Lipinski definition) is 1. The number of anilines is 3. The molecule has 2 heterocycles. The van der Waals surface area contributed by atoms with Crippen LogP contribution in [0, 0.1) is 13.8 Å². The molecular formula is C33H32N2O3. The van der Waals surface area contributed by atoms with Crippen molar-refractivity contribution in [1.29, 1.82) is 0 Å². The molecule has 2 aliphatic rings. The largest absolute Gasteiger partial charge is 0.456 e. The minimum Gasteiger partial charge on any atom is -0.456 e. The second-order valence-corrected chi connectivity index (χ2v) is 10.1. The molecule has 1 spiro atoms. The van der Waals surface area contributed by atoms with Crippen molar-refractivity contribution in [3.63, 3.8) is 0 Å². The van der Waals surface area contributed by atoms with E-state index in [4.69, 9.17) is 9.47 Å². The molecule has 1 atom stereocenters. The second kappa shape index (κ2) is 9.25. The van der Waals surface area contributed by atoms with E-state index in [-0.39, 0.29) is 5.97 Å². The maximum atomic E-state index is 13.3. The third-order valence-corrected chi connectivity index (χ3v) is 7.80. The van der Waals surface area contributed by atoms with Gasteiger partial charge in [0.15, 0.2) is 5.60 Å². The summed E-state index contributed by atoms with van der Waals surface area (Å²) in [7, 11) is 2.06. The predicted molar refractivity (Wildman–Crippen MR) is 152 cm³/mol. The molecule has 2 aliphatic heterocycles. The van der Waals surface area contributed by atoms with Gasteiger partial charge in [-0.25, -0.2) is 4.79 Å². The summed E-state index contributed by atoms with van der Waals surface area (Å²) in [6, 6.07) is 26.3. The molecule has 0 saturated carbocycles. The first kappa shape index (κ1) is 24.1. The van der Waals surface area contributed by atoms with E-state index < -0.39 is 5.60 Å². The van der Waals surface area contributed by atoms with Crippen LogP contribution in [0.2, 0.25) is 0 Å². The Morgan fingerprint density at radius 3 is 2.45 bits per heavy atom. The Hall–Kier alpha value is -4.25. The van der Waals surface area contributed by atoms with E-state index >= 15 is 0 Å². The molecule has 4 aromatic carbocycles. The molecule has 192 valence electrons. The Balaban J connectivity index is 1.58. The average molecular weight is 505 g/mol. The fraction of sp³-hybridized carbons (Fsp3) is 0.242. The lowest BCUT2D eigenvalue weighted by Gasteiger charge is -2.38. The number of para-hydroxylation sites is 1. The molecule has 1 N–H and O–H groups in total. The number of aryl methyl sites for hydroxylation is 1. The maximum absolute atomic E-state index is 13.3. The van der Waals surface area contributed by atoms with E-state index in [0.29, 0.717) is 11.3 Å². The first-order valence-corrected chi connectivity index (χ1v) is 13.3. The van der Waals surface area contributed by atoms with Gasteiger partial charge < -0.3 is 19.7 Å². The summed E-state index contributed by atoms with van der Waals surface area (Å²) in [5.41, 5.74) is 7.23. The number of fused-ring (bicyclic) bond motifs is 6. The molecule has 0 radical (unpaired) electrons. The summed E-state index contributed by atoms with van der Waals surface area (Å²) in [6.07, 6.45) is 2.21. The summed E-state index contributed by atoms with van der Waals surface area (Å²) < 4.78 is 13.1. The molecule has 1 unspecified atom stereocenters. The summed E-state index contributed by atoms with van der Waals surface area (Å²) in [4.78, 5) is 15.5. The van der Waals surface area contributed by atoms with Crippen molar-refractivity contribution < 1.29 is 14.3 Å². The molecule has 0 amide bonds. The van der Waals surface area contributed by atoms with Gasteiger partial charge >= 0.3 is 5.97 Å². The smallest absolute Gasteiger partial charge is 0.340 e. The minimum absolute atomic E-state index is 0.319. The molecule has 0 fully saturated rings. The van der Waals surface area contributed by atoms with Crippen molar-refractivity contribution >= 4 is 23.0 Å². The van der Waals surface area contributed by atoms with Crippen LogP contribution in [0.4, 0.5) is 17.1 Å². The van der Waals surface area contributed by atoms with Crippen molar-refractivity contribution in [1.82, 2.24) is 0 Å². The van der Waals surface area contributed by atoms with E-state index in [2.05, 4.69) is 74.4 Å². The molecule has 0 aliphatic carbocycles. The van der Waals surface area contributed by atoms with Crippen molar-refractivity contribution in [2.75, 3.05) is 23.8 Å². The highest BCUT2D eigenvalue weighted by Crippen LogP contribution is 2.58. The van der Waals surface area contributed by atoms with Gasteiger partial charge in [-0.1, -0.05) is 49.7 Å². The van der Waals surface area contributed by atoms with Gasteiger partial charge in [0.1, 0.15) is 11.5 Å². The van der Waals surface area contributed by atoms with Crippen LogP contribution >= 0.6 is 0 Å². The quantitative estimate of drug-likeness (QED) is 0.214. The number of nitrogens with one attached hydrogen (secondary N) is 1. The van der Waals surface area contributed by atoms with Crippen molar-refractivity contribution in [3.05, 3.63) is 112 Å². The number of hydrogen-bond acceptors (Lipinski definition) is 5.